The molecule has 30 heavy (non-hydrogen) atoms. The summed E-state index contributed by atoms with van der Waals surface area (Å²) >= 11 is 0. The highest BCUT2D eigenvalue weighted by Crippen LogP contribution is 2.37. The number of ether oxygens (including phenoxy) is 2. The molecule has 0 spiro atoms. The Morgan fingerprint density at radius 1 is 1.40 bits per heavy atom. The number of hydrogen-bond donors (Lipinski definition) is 2. The maximum atomic E-state index is 13.5. The predicted molar refractivity (Wildman–Crippen MR) is 104 cm³/mol. The molecule has 1 unspecified atom stereocenters. The van der Waals surface area contributed by atoms with Gasteiger partial charge < -0.3 is 25.1 Å². The average molecular weight is 421 g/mol. The van der Waals surface area contributed by atoms with E-state index >= 15 is 0 Å². The second kappa shape index (κ2) is 7.47. The third-order valence-corrected chi connectivity index (χ3v) is 5.15. The lowest BCUT2D eigenvalue weighted by molar-refractivity contribution is -0.118. The van der Waals surface area contributed by atoms with Crippen molar-refractivity contribution in [3.05, 3.63) is 24.4 Å². The number of nitrogens with one attached hydrogen (secondary N) is 1. The first-order valence-electron chi connectivity index (χ1n) is 9.44. The Morgan fingerprint density at radius 3 is 2.87 bits per heavy atom. The average Bonchev–Trinajstić information content (AvgIpc) is 3.16. The quantitative estimate of drug-likeness (QED) is 0.766. The lowest BCUT2D eigenvalue weighted by Gasteiger charge is -2.20. The predicted octanol–water partition coefficient (Wildman–Crippen LogP) is 2.21. The largest absolute Gasteiger partial charge is 0.491 e. The number of cyclic esters (lactones) is 1. The molecular formula is C19H21F2N5O4. The number of primary amides is 1. The van der Waals surface area contributed by atoms with Crippen LogP contribution in [0.25, 0.3) is 11.4 Å². The number of rotatable bonds is 5. The van der Waals surface area contributed by atoms with Gasteiger partial charge in [-0.15, -0.1) is 0 Å². The number of halogens is 2. The Hall–Kier alpha value is -3.37. The molecule has 0 radical (unpaired) electrons. The van der Waals surface area contributed by atoms with Crippen LogP contribution in [0.5, 0.6) is 5.75 Å². The van der Waals surface area contributed by atoms with Crippen molar-refractivity contribution in [2.75, 3.05) is 16.8 Å². The Bertz CT molecular complexity index is 995. The van der Waals surface area contributed by atoms with Crippen molar-refractivity contribution in [1.29, 1.82) is 0 Å². The molecule has 0 saturated carbocycles. The van der Waals surface area contributed by atoms with Gasteiger partial charge in [0, 0.05) is 18.0 Å². The van der Waals surface area contributed by atoms with Crippen LogP contribution >= 0.6 is 0 Å². The molecule has 3 N–H and O–H groups in total. The molecule has 3 heterocycles. The SMILES string of the molecule is C[C@H](Nc1ccc2c(c1)OCCn1cc(N3C(=O)O[C@@H](C)C3C(F)F)nc1-2)C(N)=O. The smallest absolute Gasteiger partial charge is 0.416 e. The highest BCUT2D eigenvalue weighted by Gasteiger charge is 2.47. The van der Waals surface area contributed by atoms with E-state index in [1.807, 2.05) is 0 Å². The van der Waals surface area contributed by atoms with Crippen molar-refractivity contribution in [3.8, 4) is 17.1 Å². The van der Waals surface area contributed by atoms with Crippen LogP contribution in [0, 0.1) is 0 Å². The minimum Gasteiger partial charge on any atom is -0.491 e. The number of nitrogens with two attached hydrogens (primary N) is 1. The van der Waals surface area contributed by atoms with E-state index in [1.54, 1.807) is 35.9 Å². The minimum absolute atomic E-state index is 0.0991. The number of amides is 2. The highest BCUT2D eigenvalue weighted by molar-refractivity contribution is 5.90. The molecule has 2 aliphatic heterocycles. The first-order chi connectivity index (χ1) is 14.3. The normalized spacial score (nSPS) is 21.4. The lowest BCUT2D eigenvalue weighted by atomic mass is 10.1. The molecule has 2 aromatic rings. The van der Waals surface area contributed by atoms with Crippen LogP contribution in [-0.4, -0.2) is 52.8 Å². The molecule has 11 heteroatoms. The van der Waals surface area contributed by atoms with Crippen LogP contribution < -0.4 is 20.7 Å². The van der Waals surface area contributed by atoms with Gasteiger partial charge in [0.15, 0.2) is 5.82 Å². The van der Waals surface area contributed by atoms with Crippen molar-refractivity contribution < 1.29 is 27.8 Å². The second-order valence-electron chi connectivity index (χ2n) is 7.23. The zero-order valence-corrected chi connectivity index (χ0v) is 16.3. The number of nitrogens with zero attached hydrogens (tertiary/aromatic N) is 3. The number of fused-ring (bicyclic) bond motifs is 3. The highest BCUT2D eigenvalue weighted by atomic mass is 19.3. The van der Waals surface area contributed by atoms with Gasteiger partial charge in [0.05, 0.1) is 12.1 Å². The van der Waals surface area contributed by atoms with Crippen LogP contribution in [0.15, 0.2) is 24.4 Å². The van der Waals surface area contributed by atoms with Gasteiger partial charge >= 0.3 is 6.09 Å². The van der Waals surface area contributed by atoms with Gasteiger partial charge in [-0.1, -0.05) is 0 Å². The van der Waals surface area contributed by atoms with Gasteiger partial charge in [0.1, 0.15) is 36.4 Å². The van der Waals surface area contributed by atoms with Crippen LogP contribution in [0.1, 0.15) is 13.8 Å². The molecule has 1 aromatic heterocycles. The van der Waals surface area contributed by atoms with Crippen molar-refractivity contribution in [2.24, 2.45) is 5.73 Å². The van der Waals surface area contributed by atoms with E-state index in [-0.39, 0.29) is 5.82 Å². The molecule has 3 atom stereocenters. The van der Waals surface area contributed by atoms with Gasteiger partial charge in [-0.25, -0.2) is 23.5 Å². The first kappa shape index (κ1) is 19.9. The van der Waals surface area contributed by atoms with Gasteiger partial charge in [-0.3, -0.25) is 4.79 Å². The molecule has 2 amide bonds. The Morgan fingerprint density at radius 2 is 2.17 bits per heavy atom. The zero-order valence-electron chi connectivity index (χ0n) is 16.3. The Kier molecular flexibility index (Phi) is 4.96. The number of anilines is 2. The number of benzene rings is 1. The summed E-state index contributed by atoms with van der Waals surface area (Å²) in [6, 6.07) is 3.22. The van der Waals surface area contributed by atoms with E-state index in [0.717, 1.165) is 4.90 Å². The summed E-state index contributed by atoms with van der Waals surface area (Å²) in [5, 5.41) is 2.98. The summed E-state index contributed by atoms with van der Waals surface area (Å²) in [7, 11) is 0. The fourth-order valence-electron chi connectivity index (χ4n) is 3.58. The van der Waals surface area contributed by atoms with Gasteiger partial charge in [-0.05, 0) is 26.0 Å². The molecule has 1 aromatic carbocycles. The minimum atomic E-state index is -2.77. The van der Waals surface area contributed by atoms with Crippen molar-refractivity contribution in [1.82, 2.24) is 9.55 Å². The third kappa shape index (κ3) is 3.40. The number of aromatic nitrogens is 2. The summed E-state index contributed by atoms with van der Waals surface area (Å²) in [5.41, 5.74) is 6.55. The monoisotopic (exact) mass is 421 g/mol. The van der Waals surface area contributed by atoms with E-state index in [0.29, 0.717) is 36.0 Å². The maximum absolute atomic E-state index is 13.5. The van der Waals surface area contributed by atoms with E-state index < -0.39 is 36.6 Å². The van der Waals surface area contributed by atoms with Gasteiger partial charge in [0.2, 0.25) is 5.91 Å². The fraction of sp³-hybridized carbons (Fsp3) is 0.421. The standard InChI is InChI=1S/C19H21F2N5O4/c1-9(17(22)27)23-11-3-4-12-13(7-11)29-6-5-25-8-14(24-18(12)25)26-15(16(20)21)10(2)30-19(26)28/h3-4,7-10,15-16,23H,5-6H2,1-2H3,(H2,22,27)/t9-,10-,15?/m0/s1. The third-order valence-electron chi connectivity index (χ3n) is 5.15. The summed E-state index contributed by atoms with van der Waals surface area (Å²) in [4.78, 5) is 28.8. The summed E-state index contributed by atoms with van der Waals surface area (Å²) in [6.45, 7) is 3.79. The molecule has 4 rings (SSSR count). The van der Waals surface area contributed by atoms with Crippen LogP contribution in [0.2, 0.25) is 0 Å². The second-order valence-corrected chi connectivity index (χ2v) is 7.23. The van der Waals surface area contributed by atoms with E-state index in [9.17, 15) is 18.4 Å². The van der Waals surface area contributed by atoms with Gasteiger partial charge in [0.25, 0.3) is 6.43 Å². The molecule has 0 bridgehead atoms. The van der Waals surface area contributed by atoms with Crippen molar-refractivity contribution in [2.45, 2.75) is 45.0 Å². The number of alkyl halides is 2. The van der Waals surface area contributed by atoms with E-state index in [1.165, 1.54) is 6.92 Å². The molecule has 1 fully saturated rings. The van der Waals surface area contributed by atoms with E-state index in [2.05, 4.69) is 10.3 Å². The number of imidazole rings is 1. The van der Waals surface area contributed by atoms with Crippen LogP contribution in [0.3, 0.4) is 0 Å². The summed E-state index contributed by atoms with van der Waals surface area (Å²) in [6.07, 6.45) is -3.03. The van der Waals surface area contributed by atoms with Gasteiger partial charge in [-0.2, -0.15) is 0 Å². The summed E-state index contributed by atoms with van der Waals surface area (Å²) in [5.74, 6) is 0.594. The number of carbonyl (C=O) groups is 2. The topological polar surface area (TPSA) is 112 Å². The molecular weight excluding hydrogens is 400 g/mol. The van der Waals surface area contributed by atoms with Crippen molar-refractivity contribution in [3.63, 3.8) is 0 Å². The molecule has 1 saturated heterocycles. The molecule has 9 nitrogen and oxygen atoms in total. The fourth-order valence-corrected chi connectivity index (χ4v) is 3.58. The molecule has 2 aliphatic rings. The Balaban J connectivity index is 1.69. The van der Waals surface area contributed by atoms with E-state index in [4.69, 9.17) is 15.2 Å². The number of hydrogen-bond acceptors (Lipinski definition) is 6. The lowest BCUT2D eigenvalue weighted by Crippen LogP contribution is -2.41. The first-order valence-corrected chi connectivity index (χ1v) is 9.44. The maximum Gasteiger partial charge on any atom is 0.416 e. The summed E-state index contributed by atoms with van der Waals surface area (Å²) < 4.78 is 39.6. The Labute approximate surface area is 170 Å². The zero-order chi connectivity index (χ0) is 21.6. The van der Waals surface area contributed by atoms with Crippen molar-refractivity contribution >= 4 is 23.5 Å². The molecule has 0 aliphatic carbocycles. The van der Waals surface area contributed by atoms with Crippen LogP contribution in [0.4, 0.5) is 25.1 Å². The number of carbonyl (C=O) groups excluding carboxylic acids is 2. The van der Waals surface area contributed by atoms with Crippen LogP contribution in [-0.2, 0) is 16.1 Å². The molecule has 160 valence electrons.